The fourth-order valence-electron chi connectivity index (χ4n) is 18.4. The van der Waals surface area contributed by atoms with Crippen molar-refractivity contribution >= 4 is 12.0 Å². The van der Waals surface area contributed by atoms with E-state index in [0.29, 0.717) is 12.8 Å². The molecule has 6 aliphatic heterocycles. The van der Waals surface area contributed by atoms with Crippen LogP contribution in [0.2, 0.25) is 0 Å². The van der Waals surface area contributed by atoms with Gasteiger partial charge in [0.15, 0.2) is 37.7 Å². The molecule has 9 fully saturated rings. The van der Waals surface area contributed by atoms with E-state index >= 15 is 0 Å². The van der Waals surface area contributed by atoms with Gasteiger partial charge in [-0.05, 0) is 85.3 Å². The van der Waals surface area contributed by atoms with Crippen LogP contribution in [0.4, 0.5) is 0 Å². The summed E-state index contributed by atoms with van der Waals surface area (Å²) in [5.41, 5.74) is -9.76. The minimum absolute atomic E-state index is 0.0440. The maximum Gasteiger partial charge on any atom is 0.331 e. The third-order valence-electron chi connectivity index (χ3n) is 24.4. The summed E-state index contributed by atoms with van der Waals surface area (Å²) in [7, 11) is 7.66. The zero-order valence-corrected chi connectivity index (χ0v) is 59.5. The molecule has 4 aliphatic carbocycles. The molecule has 1 aromatic rings. The molecule has 29 heteroatoms. The molecule has 10 aliphatic rings. The number of methoxy groups -OCH3 is 5. The van der Waals surface area contributed by atoms with Crippen LogP contribution in [-0.4, -0.2) is 300 Å². The van der Waals surface area contributed by atoms with E-state index < -0.39 is 230 Å². The van der Waals surface area contributed by atoms with Crippen molar-refractivity contribution in [2.45, 2.75) is 320 Å². The number of aliphatic hydroxyl groups is 10. The van der Waals surface area contributed by atoms with Gasteiger partial charge in [0.05, 0.1) is 84.8 Å². The van der Waals surface area contributed by atoms with Gasteiger partial charge in [-0.15, -0.1) is 0 Å². The Kier molecular flexibility index (Phi) is 24.3. The van der Waals surface area contributed by atoms with Gasteiger partial charge in [0.2, 0.25) is 0 Å². The van der Waals surface area contributed by atoms with Crippen molar-refractivity contribution in [3.05, 3.63) is 54.1 Å². The SMILES string of the molecule is CO[C@H]1[C@@H](O)[C@H](O[C@@H]2[C@@H](C)O[C@@H](O[C@@H]3[C@@H](C)O[C@@H](O[C@H]4[C@@H](OC)C[C@H](O[C@H]5[C@@H](OC)C[C@H](O[C@H]6CC[C@]7(C)[C@H]8C[C@@H](OC(=O)/C=C/c9ccccc9)[C@@]9(C)[C@](O)(CC[C@@]9(O)C(C)O)[C@]8(O)C=C[C@@]7(O)C6)O[C@@H]5C)O[C@@H]4C)C[C@H]3OC)C[C@H]2OC)O[C@H](C)[C@H]1O[C@@H]1O[C@H](CO)[C@@H](O)[C@H](O)[C@H]1O. The van der Waals surface area contributed by atoms with E-state index in [2.05, 4.69) is 0 Å². The summed E-state index contributed by atoms with van der Waals surface area (Å²) in [5.74, 6) is -1.61. The molecule has 568 valence electrons. The van der Waals surface area contributed by atoms with Gasteiger partial charge in [-0.1, -0.05) is 56.3 Å². The van der Waals surface area contributed by atoms with E-state index in [4.69, 9.17) is 85.3 Å². The number of hydrogen-bond acceptors (Lipinski definition) is 29. The number of carbonyl (C=O) groups is 1. The zero-order valence-electron chi connectivity index (χ0n) is 59.5. The molecule has 0 aromatic heterocycles. The first-order valence-corrected chi connectivity index (χ1v) is 35.4. The fraction of sp³-hybridized carbons (Fsp3) is 0.845. The summed E-state index contributed by atoms with van der Waals surface area (Å²) >= 11 is 0. The predicted octanol–water partition coefficient (Wildman–Crippen LogP) is 1.33. The Morgan fingerprint density at radius 2 is 1.04 bits per heavy atom. The maximum absolute atomic E-state index is 13.7. The average molecular weight is 1430 g/mol. The maximum atomic E-state index is 13.7. The molecule has 36 atom stereocenters. The highest BCUT2D eigenvalue weighted by atomic mass is 16.8. The number of aliphatic hydroxyl groups excluding tert-OH is 6. The lowest BCUT2D eigenvalue weighted by molar-refractivity contribution is -0.374. The molecule has 6 heterocycles. The molecule has 3 saturated carbocycles. The van der Waals surface area contributed by atoms with Crippen molar-refractivity contribution < 1.29 is 141 Å². The third kappa shape index (κ3) is 14.2. The van der Waals surface area contributed by atoms with Crippen LogP contribution in [0.15, 0.2) is 48.6 Å². The Morgan fingerprint density at radius 1 is 0.560 bits per heavy atom. The Balaban J connectivity index is 0.664. The van der Waals surface area contributed by atoms with E-state index in [1.807, 2.05) is 58.0 Å². The quantitative estimate of drug-likeness (QED) is 0.0445. The first-order chi connectivity index (χ1) is 47.4. The molecule has 1 aromatic carbocycles. The molecule has 0 spiro atoms. The van der Waals surface area contributed by atoms with Crippen molar-refractivity contribution in [3.63, 3.8) is 0 Å². The zero-order chi connectivity index (χ0) is 72.3. The Morgan fingerprint density at radius 3 is 1.53 bits per heavy atom. The number of benzene rings is 1. The molecule has 0 amide bonds. The largest absolute Gasteiger partial charge is 0.458 e. The minimum Gasteiger partial charge on any atom is -0.458 e. The Bertz CT molecular complexity index is 2910. The molecule has 11 rings (SSSR count). The molecular weight excluding hydrogens is 1320 g/mol. The van der Waals surface area contributed by atoms with Gasteiger partial charge in [0, 0.05) is 85.1 Å². The Labute approximate surface area is 584 Å². The van der Waals surface area contributed by atoms with Gasteiger partial charge in [-0.3, -0.25) is 0 Å². The molecule has 6 saturated heterocycles. The monoisotopic (exact) mass is 1430 g/mol. The summed E-state index contributed by atoms with van der Waals surface area (Å²) in [5, 5.41) is 115. The number of rotatable bonds is 22. The van der Waals surface area contributed by atoms with Gasteiger partial charge in [-0.2, -0.15) is 0 Å². The third-order valence-corrected chi connectivity index (χ3v) is 24.4. The average Bonchev–Trinajstić information content (AvgIpc) is 1.29. The van der Waals surface area contributed by atoms with Crippen LogP contribution in [0.3, 0.4) is 0 Å². The van der Waals surface area contributed by atoms with Crippen molar-refractivity contribution in [3.8, 4) is 0 Å². The van der Waals surface area contributed by atoms with Crippen LogP contribution in [0.5, 0.6) is 0 Å². The highest BCUT2D eigenvalue weighted by Crippen LogP contribution is 2.71. The predicted molar refractivity (Wildman–Crippen MR) is 347 cm³/mol. The van der Waals surface area contributed by atoms with Gasteiger partial charge < -0.3 is 136 Å². The number of ether oxygens (including phenoxy) is 18. The van der Waals surface area contributed by atoms with Crippen LogP contribution in [0.25, 0.3) is 6.08 Å². The second-order valence-electron chi connectivity index (χ2n) is 29.8. The molecule has 1 unspecified atom stereocenters. The van der Waals surface area contributed by atoms with E-state index in [-0.39, 0.29) is 51.4 Å². The van der Waals surface area contributed by atoms with E-state index in [1.54, 1.807) is 54.3 Å². The molecular formula is C71H110O29. The van der Waals surface area contributed by atoms with E-state index in [9.17, 15) is 55.9 Å². The first kappa shape index (κ1) is 78.2. The topological polar surface area (TPSA) is 386 Å². The molecule has 10 N–H and O–H groups in total. The lowest BCUT2D eigenvalue weighted by Gasteiger charge is -2.68. The normalized spacial score (nSPS) is 50.9. The Hall–Kier alpha value is -2.91. The summed E-state index contributed by atoms with van der Waals surface area (Å²) in [4.78, 5) is 13.7. The van der Waals surface area contributed by atoms with Gasteiger partial charge in [0.25, 0.3) is 0 Å². The number of esters is 1. The van der Waals surface area contributed by atoms with Crippen molar-refractivity contribution in [2.75, 3.05) is 42.2 Å². The van der Waals surface area contributed by atoms with Crippen LogP contribution in [-0.2, 0) is 90.1 Å². The molecule has 0 radical (unpaired) electrons. The van der Waals surface area contributed by atoms with Crippen LogP contribution in [0.1, 0.15) is 125 Å². The van der Waals surface area contributed by atoms with Gasteiger partial charge in [-0.25, -0.2) is 4.79 Å². The van der Waals surface area contributed by atoms with Gasteiger partial charge in [0.1, 0.15) is 90.1 Å². The number of fused-ring (bicyclic) bond motifs is 5. The minimum atomic E-state index is -2.11. The van der Waals surface area contributed by atoms with Crippen LogP contribution in [0, 0.1) is 16.7 Å². The summed E-state index contributed by atoms with van der Waals surface area (Å²) < 4.78 is 113. The molecule has 0 bridgehead atoms. The van der Waals surface area contributed by atoms with Crippen molar-refractivity contribution in [1.82, 2.24) is 0 Å². The van der Waals surface area contributed by atoms with E-state index in [0.717, 1.165) is 5.56 Å². The second-order valence-corrected chi connectivity index (χ2v) is 29.8. The highest BCUT2D eigenvalue weighted by molar-refractivity contribution is 5.87. The van der Waals surface area contributed by atoms with Crippen molar-refractivity contribution in [1.29, 1.82) is 0 Å². The molecule has 100 heavy (non-hydrogen) atoms. The van der Waals surface area contributed by atoms with E-state index in [1.165, 1.54) is 33.3 Å². The second kappa shape index (κ2) is 31.1. The standard InChI is InChI=1S/C71H110O29/c1-34-58(42(83-9)27-50(88-34)93-41-21-22-66(7)47-31-48(95-49(74)20-19-40-17-15-14-16-18-40)67(8)69(80,39(6)73)25-26-71(67,82)70(47,81)24-23-68(66,79)32-41)96-51-28-43(84-10)59(35(2)89-51)97-52-29-44(85-11)60(36(3)90-52)98-53-30-45(86-12)61(37(4)91-53)99-65-57(78)63(87-13)62(38(5)92-65)100-64-56(77)55(76)54(75)46(33-72)94-64/h14-20,23-24,34-39,41-48,50-65,72-73,75-82H,21-22,25-33H2,1-13H3/b20-19+/t34-,35-,36-,37-,38-,39?,41+,42+,43+,44-,45-,46-,47-,48-,50+,51+,52+,53+,54-,55+,56-,57-,58-,59-,60-,61-,62-,63+,64+,65+,66-,67-,68-,69-,70+,71-/m1/s1. The lowest BCUT2D eigenvalue weighted by Crippen LogP contribution is -2.80. The van der Waals surface area contributed by atoms with Crippen LogP contribution < -0.4 is 0 Å². The first-order valence-electron chi connectivity index (χ1n) is 35.4. The summed E-state index contributed by atoms with van der Waals surface area (Å²) in [6.07, 6.45) is -19.2. The summed E-state index contributed by atoms with van der Waals surface area (Å²) in [6.45, 7) is 13.3. The van der Waals surface area contributed by atoms with Crippen molar-refractivity contribution in [2.24, 2.45) is 16.7 Å². The molecule has 29 nitrogen and oxygen atoms in total. The highest BCUT2D eigenvalue weighted by Gasteiger charge is 2.82. The fourth-order valence-corrected chi connectivity index (χ4v) is 18.4. The number of hydrogen-bond donors (Lipinski definition) is 10. The van der Waals surface area contributed by atoms with Crippen LogP contribution >= 0.6 is 0 Å². The smallest absolute Gasteiger partial charge is 0.331 e. The lowest BCUT2D eigenvalue weighted by atomic mass is 9.41. The number of carbonyl (C=O) groups excluding carboxylic acids is 1. The van der Waals surface area contributed by atoms with Gasteiger partial charge >= 0.3 is 5.97 Å². The summed E-state index contributed by atoms with van der Waals surface area (Å²) in [6, 6.07) is 9.19.